The molecule has 0 fully saturated rings. The number of carbonyl (C=O) groups excluding carboxylic acids is 2. The van der Waals surface area contributed by atoms with Crippen molar-refractivity contribution in [1.82, 2.24) is 15.5 Å². The van der Waals surface area contributed by atoms with Crippen LogP contribution in [0.15, 0.2) is 60.7 Å². The zero-order valence-electron chi connectivity index (χ0n) is 20.2. The van der Waals surface area contributed by atoms with Crippen molar-refractivity contribution >= 4 is 29.5 Å². The van der Waals surface area contributed by atoms with E-state index in [1.807, 2.05) is 69.3 Å². The van der Waals surface area contributed by atoms with E-state index in [9.17, 15) is 9.59 Å². The number of nitrogens with one attached hydrogen (secondary N) is 2. The van der Waals surface area contributed by atoms with Gasteiger partial charge in [0.2, 0.25) is 0 Å². The highest BCUT2D eigenvalue weighted by molar-refractivity contribution is 6.17. The van der Waals surface area contributed by atoms with Crippen molar-refractivity contribution in [2.75, 3.05) is 12.4 Å². The molecule has 1 atom stereocenters. The molecule has 3 aromatic rings. The van der Waals surface area contributed by atoms with Crippen LogP contribution < -0.4 is 10.6 Å². The molecule has 35 heavy (non-hydrogen) atoms. The first kappa shape index (κ1) is 26.0. The first-order chi connectivity index (χ1) is 16.7. The van der Waals surface area contributed by atoms with E-state index in [4.69, 9.17) is 16.3 Å². The summed E-state index contributed by atoms with van der Waals surface area (Å²) in [4.78, 5) is 24.0. The summed E-state index contributed by atoms with van der Waals surface area (Å²) in [5, 5.41) is 14.2. The molecule has 0 saturated heterocycles. The van der Waals surface area contributed by atoms with Crippen LogP contribution >= 0.6 is 11.6 Å². The number of carbonyl (C=O) groups is 2. The summed E-state index contributed by atoms with van der Waals surface area (Å²) in [6.07, 6.45) is -0.657. The smallest absolute Gasteiger partial charge is 0.411 e. The Morgan fingerprint density at radius 2 is 1.69 bits per heavy atom. The Morgan fingerprint density at radius 3 is 2.29 bits per heavy atom. The molecular formula is C26H29ClN4O4. The molecule has 9 heteroatoms. The lowest BCUT2D eigenvalue weighted by atomic mass is 9.99. The first-order valence-corrected chi connectivity index (χ1v) is 11.6. The molecule has 0 aliphatic carbocycles. The molecule has 2 amide bonds. The Hall–Kier alpha value is -3.65. The second-order valence-electron chi connectivity index (χ2n) is 8.84. The summed E-state index contributed by atoms with van der Waals surface area (Å²) in [5.41, 5.74) is 3.88. The maximum Gasteiger partial charge on any atom is 0.411 e. The van der Waals surface area contributed by atoms with Crippen LogP contribution in [0.1, 0.15) is 43.8 Å². The van der Waals surface area contributed by atoms with Crippen LogP contribution in [0.25, 0.3) is 11.1 Å². The second kappa shape index (κ2) is 11.7. The van der Waals surface area contributed by atoms with Crippen molar-refractivity contribution in [3.05, 3.63) is 77.6 Å². The van der Waals surface area contributed by atoms with E-state index in [2.05, 4.69) is 25.6 Å². The summed E-state index contributed by atoms with van der Waals surface area (Å²) < 4.78 is 10.1. The minimum atomic E-state index is -0.616. The third-order valence-corrected chi connectivity index (χ3v) is 5.23. The molecule has 2 N–H and O–H groups in total. The number of amides is 2. The van der Waals surface area contributed by atoms with Gasteiger partial charge in [0.25, 0.3) is 0 Å². The Bertz CT molecular complexity index is 1150. The van der Waals surface area contributed by atoms with Crippen molar-refractivity contribution in [3.63, 3.8) is 0 Å². The topological polar surface area (TPSA) is 102 Å². The number of anilines is 1. The Labute approximate surface area is 210 Å². The van der Waals surface area contributed by atoms with Crippen molar-refractivity contribution in [2.24, 2.45) is 0 Å². The van der Waals surface area contributed by atoms with Crippen molar-refractivity contribution in [1.29, 1.82) is 0 Å². The van der Waals surface area contributed by atoms with E-state index in [0.29, 0.717) is 23.5 Å². The largest absolute Gasteiger partial charge is 0.453 e. The van der Waals surface area contributed by atoms with Crippen LogP contribution in [0.3, 0.4) is 0 Å². The fraction of sp³-hybridized carbons (Fsp3) is 0.308. The van der Waals surface area contributed by atoms with Gasteiger partial charge < -0.3 is 14.8 Å². The van der Waals surface area contributed by atoms with E-state index in [0.717, 1.165) is 16.7 Å². The lowest BCUT2D eigenvalue weighted by molar-refractivity contribution is 0.0503. The van der Waals surface area contributed by atoms with Crippen LogP contribution in [0.5, 0.6) is 0 Å². The summed E-state index contributed by atoms with van der Waals surface area (Å²) in [7, 11) is 1.31. The molecule has 0 radical (unpaired) electrons. The summed E-state index contributed by atoms with van der Waals surface area (Å²) in [5.74, 6) is 0.184. The molecule has 0 bridgehead atoms. The molecular weight excluding hydrogens is 468 g/mol. The number of alkyl halides is 1. The fourth-order valence-corrected chi connectivity index (χ4v) is 3.60. The highest BCUT2D eigenvalue weighted by Gasteiger charge is 2.22. The number of ether oxygens (including phenoxy) is 2. The van der Waals surface area contributed by atoms with Crippen molar-refractivity contribution in [3.8, 4) is 11.1 Å². The fourth-order valence-electron chi connectivity index (χ4n) is 3.40. The van der Waals surface area contributed by atoms with Crippen LogP contribution in [-0.2, 0) is 21.8 Å². The number of benzene rings is 2. The zero-order valence-corrected chi connectivity index (χ0v) is 20.9. The molecule has 0 saturated carbocycles. The normalized spacial score (nSPS) is 11.9. The molecule has 0 aliphatic rings. The van der Waals surface area contributed by atoms with Gasteiger partial charge in [-0.15, -0.1) is 11.6 Å². The number of nitrogens with zero attached hydrogens (tertiary/aromatic N) is 2. The lowest BCUT2D eigenvalue weighted by Gasteiger charge is -2.24. The molecule has 3 rings (SSSR count). The third kappa shape index (κ3) is 7.68. The number of hydrogen-bond acceptors (Lipinski definition) is 6. The number of aromatic nitrogens is 2. The molecule has 1 unspecified atom stereocenters. The lowest BCUT2D eigenvalue weighted by Crippen LogP contribution is -2.35. The molecule has 1 heterocycles. The van der Waals surface area contributed by atoms with Gasteiger partial charge in [-0.3, -0.25) is 5.32 Å². The van der Waals surface area contributed by atoms with Crippen molar-refractivity contribution in [2.45, 2.75) is 44.7 Å². The average Bonchev–Trinajstić information content (AvgIpc) is 2.83. The second-order valence-corrected chi connectivity index (χ2v) is 9.10. The Morgan fingerprint density at radius 1 is 1.00 bits per heavy atom. The minimum absolute atomic E-state index is 0.184. The molecule has 8 nitrogen and oxygen atoms in total. The van der Waals surface area contributed by atoms with E-state index in [-0.39, 0.29) is 11.9 Å². The van der Waals surface area contributed by atoms with E-state index < -0.39 is 17.8 Å². The monoisotopic (exact) mass is 496 g/mol. The SMILES string of the molecule is COC(=O)Nc1ccc(-c2cc(CC(NC(=O)OC(C)(C)C)c3ccccc3)nnc2CCl)cc1. The van der Waals surface area contributed by atoms with Crippen LogP contribution in [-0.4, -0.2) is 35.1 Å². The van der Waals surface area contributed by atoms with Gasteiger partial charge in [0.15, 0.2) is 0 Å². The highest BCUT2D eigenvalue weighted by Crippen LogP contribution is 2.27. The Balaban J connectivity index is 1.88. The van der Waals surface area contributed by atoms with Gasteiger partial charge in [-0.25, -0.2) is 9.59 Å². The van der Waals surface area contributed by atoms with E-state index >= 15 is 0 Å². The number of rotatable bonds is 7. The van der Waals surface area contributed by atoms with Gasteiger partial charge in [-0.2, -0.15) is 10.2 Å². The van der Waals surface area contributed by atoms with E-state index in [1.165, 1.54) is 7.11 Å². The van der Waals surface area contributed by atoms with Crippen molar-refractivity contribution < 1.29 is 19.1 Å². The highest BCUT2D eigenvalue weighted by atomic mass is 35.5. The number of methoxy groups -OCH3 is 1. The molecule has 0 spiro atoms. The number of halogens is 1. The van der Waals surface area contributed by atoms with Crippen LogP contribution in [0.4, 0.5) is 15.3 Å². The van der Waals surface area contributed by atoms with Gasteiger partial charge in [0, 0.05) is 17.7 Å². The quantitative estimate of drug-likeness (QED) is 0.396. The molecule has 184 valence electrons. The number of hydrogen-bond donors (Lipinski definition) is 2. The number of alkyl carbamates (subject to hydrolysis) is 1. The van der Waals surface area contributed by atoms with Gasteiger partial charge in [-0.1, -0.05) is 42.5 Å². The maximum atomic E-state index is 12.5. The molecule has 2 aromatic carbocycles. The predicted octanol–water partition coefficient (Wildman–Crippen LogP) is 5.87. The average molecular weight is 497 g/mol. The first-order valence-electron chi connectivity index (χ1n) is 11.1. The zero-order chi connectivity index (χ0) is 25.4. The van der Waals surface area contributed by atoms with Gasteiger partial charge in [-0.05, 0) is 50.1 Å². The summed E-state index contributed by atoms with van der Waals surface area (Å²) in [6, 6.07) is 18.4. The van der Waals surface area contributed by atoms with Gasteiger partial charge in [0.05, 0.1) is 30.4 Å². The van der Waals surface area contributed by atoms with Gasteiger partial charge in [0.1, 0.15) is 5.60 Å². The van der Waals surface area contributed by atoms with Crippen LogP contribution in [0, 0.1) is 0 Å². The summed E-state index contributed by atoms with van der Waals surface area (Å²) >= 11 is 6.14. The van der Waals surface area contributed by atoms with E-state index in [1.54, 1.807) is 12.1 Å². The van der Waals surface area contributed by atoms with Gasteiger partial charge >= 0.3 is 12.2 Å². The standard InChI is InChI=1S/C26H29ClN4O4/c1-26(2,3)35-25(33)29-22(18-8-6-5-7-9-18)15-20-14-21(23(16-27)31-30-20)17-10-12-19(13-11-17)28-24(32)34-4/h5-14,22H,15-16H2,1-4H3,(H,28,32)(H,29,33). The predicted molar refractivity (Wildman–Crippen MR) is 135 cm³/mol. The molecule has 1 aromatic heterocycles. The maximum absolute atomic E-state index is 12.5. The Kier molecular flexibility index (Phi) is 8.65. The minimum Gasteiger partial charge on any atom is -0.453 e. The van der Waals surface area contributed by atoms with Crippen LogP contribution in [0.2, 0.25) is 0 Å². The molecule has 0 aliphatic heterocycles. The third-order valence-electron chi connectivity index (χ3n) is 4.98. The summed E-state index contributed by atoms with van der Waals surface area (Å²) in [6.45, 7) is 5.45.